The van der Waals surface area contributed by atoms with Gasteiger partial charge in [-0.1, -0.05) is 13.8 Å². The number of rotatable bonds is 7. The largest absolute Gasteiger partial charge is 0.394 e. The van der Waals surface area contributed by atoms with E-state index in [1.807, 2.05) is 6.07 Å². The summed E-state index contributed by atoms with van der Waals surface area (Å²) in [5, 5.41) is 13.0. The zero-order valence-corrected chi connectivity index (χ0v) is 13.3. The van der Waals surface area contributed by atoms with E-state index >= 15 is 0 Å². The van der Waals surface area contributed by atoms with E-state index in [1.54, 1.807) is 0 Å². The summed E-state index contributed by atoms with van der Waals surface area (Å²) in [6, 6.07) is 2.23. The van der Waals surface area contributed by atoms with Crippen LogP contribution in [0.4, 0.5) is 11.6 Å². The molecule has 1 aromatic rings. The van der Waals surface area contributed by atoms with E-state index < -0.39 is 0 Å². The standard InChI is InChI=1S/C16H28N4O/c1-3-7-14-18-15(17-9-4-2)11-16(19-14)20-10-6-5-8-13(20)12-21/h11,13,21H,3-10,12H2,1-2H3,(H,17,18,19). The van der Waals surface area contributed by atoms with Gasteiger partial charge in [-0.25, -0.2) is 9.97 Å². The number of aliphatic hydroxyl groups is 1. The molecule has 1 fully saturated rings. The Labute approximate surface area is 127 Å². The summed E-state index contributed by atoms with van der Waals surface area (Å²) in [6.45, 7) is 6.39. The molecule has 0 radical (unpaired) electrons. The number of aromatic nitrogens is 2. The predicted octanol–water partition coefficient (Wildman–Crippen LogP) is 2.60. The van der Waals surface area contributed by atoms with Crippen LogP contribution in [0.25, 0.3) is 0 Å². The van der Waals surface area contributed by atoms with Crippen molar-refractivity contribution in [1.29, 1.82) is 0 Å². The lowest BCUT2D eigenvalue weighted by Crippen LogP contribution is -2.42. The minimum Gasteiger partial charge on any atom is -0.394 e. The Morgan fingerprint density at radius 2 is 2.14 bits per heavy atom. The number of anilines is 2. The Morgan fingerprint density at radius 1 is 1.29 bits per heavy atom. The third-order valence-corrected chi connectivity index (χ3v) is 3.92. The number of hydrogen-bond donors (Lipinski definition) is 2. The Hall–Kier alpha value is -1.36. The molecule has 0 amide bonds. The Bertz CT molecular complexity index is 438. The second kappa shape index (κ2) is 8.17. The monoisotopic (exact) mass is 292 g/mol. The number of piperidine rings is 1. The molecule has 0 spiro atoms. The first kappa shape index (κ1) is 16.0. The highest BCUT2D eigenvalue weighted by atomic mass is 16.3. The van der Waals surface area contributed by atoms with Crippen molar-refractivity contribution in [2.45, 2.75) is 58.4 Å². The van der Waals surface area contributed by atoms with Crippen molar-refractivity contribution < 1.29 is 5.11 Å². The molecular weight excluding hydrogens is 264 g/mol. The van der Waals surface area contributed by atoms with Crippen LogP contribution in [0.5, 0.6) is 0 Å². The third kappa shape index (κ3) is 4.30. The van der Waals surface area contributed by atoms with Gasteiger partial charge in [0.25, 0.3) is 0 Å². The highest BCUT2D eigenvalue weighted by Crippen LogP contribution is 2.25. The lowest BCUT2D eigenvalue weighted by molar-refractivity contribution is 0.239. The highest BCUT2D eigenvalue weighted by molar-refractivity contribution is 5.50. The average molecular weight is 292 g/mol. The SMILES string of the molecule is CCCNc1cc(N2CCCCC2CO)nc(CCC)n1. The van der Waals surface area contributed by atoms with Crippen molar-refractivity contribution in [2.24, 2.45) is 0 Å². The molecule has 0 saturated carbocycles. The Balaban J connectivity index is 2.24. The minimum absolute atomic E-state index is 0.196. The molecule has 1 unspecified atom stereocenters. The van der Waals surface area contributed by atoms with E-state index in [-0.39, 0.29) is 12.6 Å². The normalized spacial score (nSPS) is 18.8. The summed E-state index contributed by atoms with van der Waals surface area (Å²) < 4.78 is 0. The summed E-state index contributed by atoms with van der Waals surface area (Å²) in [4.78, 5) is 11.6. The number of aliphatic hydroxyl groups excluding tert-OH is 1. The van der Waals surface area contributed by atoms with Crippen molar-refractivity contribution in [3.05, 3.63) is 11.9 Å². The van der Waals surface area contributed by atoms with E-state index in [4.69, 9.17) is 4.98 Å². The van der Waals surface area contributed by atoms with Crippen molar-refractivity contribution >= 4 is 11.6 Å². The number of nitrogens with zero attached hydrogens (tertiary/aromatic N) is 3. The molecule has 2 N–H and O–H groups in total. The van der Waals surface area contributed by atoms with Gasteiger partial charge in [0.2, 0.25) is 0 Å². The van der Waals surface area contributed by atoms with Gasteiger partial charge in [-0.15, -0.1) is 0 Å². The molecular formula is C16H28N4O. The van der Waals surface area contributed by atoms with Gasteiger partial charge in [-0.3, -0.25) is 0 Å². The van der Waals surface area contributed by atoms with Crippen LogP contribution in [-0.4, -0.2) is 40.8 Å². The van der Waals surface area contributed by atoms with Crippen LogP contribution in [-0.2, 0) is 6.42 Å². The molecule has 1 aliphatic rings. The quantitative estimate of drug-likeness (QED) is 0.809. The van der Waals surface area contributed by atoms with Crippen LogP contribution in [0.3, 0.4) is 0 Å². The predicted molar refractivity (Wildman–Crippen MR) is 86.9 cm³/mol. The smallest absolute Gasteiger partial charge is 0.134 e. The van der Waals surface area contributed by atoms with Crippen LogP contribution in [0, 0.1) is 0 Å². The van der Waals surface area contributed by atoms with Crippen LogP contribution in [0.2, 0.25) is 0 Å². The lowest BCUT2D eigenvalue weighted by atomic mass is 10.0. The number of nitrogens with one attached hydrogen (secondary N) is 1. The first-order chi connectivity index (χ1) is 10.3. The van der Waals surface area contributed by atoms with Crippen molar-refractivity contribution in [2.75, 3.05) is 29.9 Å². The van der Waals surface area contributed by atoms with Gasteiger partial charge >= 0.3 is 0 Å². The highest BCUT2D eigenvalue weighted by Gasteiger charge is 2.23. The van der Waals surface area contributed by atoms with Gasteiger partial charge in [0.05, 0.1) is 12.6 Å². The fourth-order valence-electron chi connectivity index (χ4n) is 2.80. The van der Waals surface area contributed by atoms with E-state index in [1.165, 1.54) is 12.8 Å². The molecule has 5 nitrogen and oxygen atoms in total. The molecule has 1 saturated heterocycles. The van der Waals surface area contributed by atoms with Crippen LogP contribution < -0.4 is 10.2 Å². The summed E-state index contributed by atoms with van der Waals surface area (Å²) in [5.74, 6) is 2.77. The first-order valence-electron chi connectivity index (χ1n) is 8.27. The van der Waals surface area contributed by atoms with Crippen LogP contribution in [0.1, 0.15) is 51.8 Å². The maximum absolute atomic E-state index is 9.61. The molecule has 2 rings (SSSR count). The van der Waals surface area contributed by atoms with E-state index in [0.717, 1.165) is 56.2 Å². The molecule has 1 atom stereocenters. The zero-order chi connectivity index (χ0) is 15.1. The van der Waals surface area contributed by atoms with Crippen molar-refractivity contribution in [3.8, 4) is 0 Å². The van der Waals surface area contributed by atoms with Gasteiger partial charge in [-0.2, -0.15) is 0 Å². The second-order valence-electron chi connectivity index (χ2n) is 5.73. The van der Waals surface area contributed by atoms with E-state index in [0.29, 0.717) is 0 Å². The van der Waals surface area contributed by atoms with E-state index in [9.17, 15) is 5.11 Å². The molecule has 0 aliphatic carbocycles. The number of aryl methyl sites for hydroxylation is 1. The number of hydrogen-bond acceptors (Lipinski definition) is 5. The van der Waals surface area contributed by atoms with Gasteiger partial charge in [0.15, 0.2) is 0 Å². The minimum atomic E-state index is 0.196. The van der Waals surface area contributed by atoms with Crippen molar-refractivity contribution in [1.82, 2.24) is 9.97 Å². The molecule has 1 aliphatic heterocycles. The lowest BCUT2D eigenvalue weighted by Gasteiger charge is -2.35. The second-order valence-corrected chi connectivity index (χ2v) is 5.73. The molecule has 21 heavy (non-hydrogen) atoms. The molecule has 0 aromatic carbocycles. The van der Waals surface area contributed by atoms with Crippen LogP contribution >= 0.6 is 0 Å². The third-order valence-electron chi connectivity index (χ3n) is 3.92. The Morgan fingerprint density at radius 3 is 2.86 bits per heavy atom. The Kier molecular flexibility index (Phi) is 6.23. The van der Waals surface area contributed by atoms with Gasteiger partial charge in [-0.05, 0) is 32.1 Å². The van der Waals surface area contributed by atoms with Gasteiger partial charge < -0.3 is 15.3 Å². The molecule has 118 valence electrons. The summed E-state index contributed by atoms with van der Waals surface area (Å²) in [7, 11) is 0. The van der Waals surface area contributed by atoms with Crippen LogP contribution in [0.15, 0.2) is 6.07 Å². The molecule has 2 heterocycles. The maximum atomic E-state index is 9.61. The fourth-order valence-corrected chi connectivity index (χ4v) is 2.80. The van der Waals surface area contributed by atoms with Gasteiger partial charge in [0, 0.05) is 25.6 Å². The summed E-state index contributed by atoms with van der Waals surface area (Å²) in [6.07, 6.45) is 6.41. The maximum Gasteiger partial charge on any atom is 0.134 e. The van der Waals surface area contributed by atoms with Gasteiger partial charge in [0.1, 0.15) is 17.5 Å². The molecule has 0 bridgehead atoms. The summed E-state index contributed by atoms with van der Waals surface area (Å²) in [5.41, 5.74) is 0. The molecule has 5 heteroatoms. The first-order valence-corrected chi connectivity index (χ1v) is 8.27. The zero-order valence-electron chi connectivity index (χ0n) is 13.3. The van der Waals surface area contributed by atoms with E-state index in [2.05, 4.69) is 29.0 Å². The molecule has 1 aromatic heterocycles. The van der Waals surface area contributed by atoms with Crippen molar-refractivity contribution in [3.63, 3.8) is 0 Å². The summed E-state index contributed by atoms with van der Waals surface area (Å²) >= 11 is 0. The average Bonchev–Trinajstić information content (AvgIpc) is 2.53. The fraction of sp³-hybridized carbons (Fsp3) is 0.750. The topological polar surface area (TPSA) is 61.3 Å².